The van der Waals surface area contributed by atoms with Crippen LogP contribution in [0.1, 0.15) is 18.9 Å². The van der Waals surface area contributed by atoms with Gasteiger partial charge in [-0.05, 0) is 29.7 Å². The number of anilines is 1. The van der Waals surface area contributed by atoms with Gasteiger partial charge in [-0.3, -0.25) is 0 Å². The fourth-order valence-electron chi connectivity index (χ4n) is 1.51. The molecule has 0 aliphatic carbocycles. The molecule has 1 heteroatoms. The molecule has 1 N–H and O–H groups in total. The minimum Gasteiger partial charge on any atom is -0.388 e. The van der Waals surface area contributed by atoms with E-state index in [1.807, 2.05) is 19.2 Å². The Hall–Kier alpha value is -2.02. The maximum Gasteiger partial charge on any atom is 0.0337 e. The highest BCUT2D eigenvalue weighted by Crippen LogP contribution is 2.11. The van der Waals surface area contributed by atoms with E-state index in [0.717, 1.165) is 17.7 Å². The second-order valence-electron chi connectivity index (χ2n) is 3.92. The van der Waals surface area contributed by atoms with Crippen LogP contribution in [-0.2, 0) is 0 Å². The predicted molar refractivity (Wildman–Crippen MR) is 82.7 cm³/mol. The first kappa shape index (κ1) is 14.0. The molecule has 0 fully saturated rings. The van der Waals surface area contributed by atoms with E-state index in [-0.39, 0.29) is 0 Å². The summed E-state index contributed by atoms with van der Waals surface area (Å²) in [7, 11) is 1.92. The first-order valence-electron chi connectivity index (χ1n) is 6.25. The molecule has 0 saturated heterocycles. The van der Waals surface area contributed by atoms with Crippen LogP contribution in [0.5, 0.6) is 0 Å². The zero-order valence-corrected chi connectivity index (χ0v) is 11.2. The molecule has 1 rings (SSSR count). The molecule has 0 aromatic heterocycles. The highest BCUT2D eigenvalue weighted by molar-refractivity contribution is 5.58. The molecule has 1 nitrogen and oxygen atoms in total. The molecule has 18 heavy (non-hydrogen) atoms. The summed E-state index contributed by atoms with van der Waals surface area (Å²) in [6.45, 7) is 5.86. The maximum atomic E-state index is 3.73. The van der Waals surface area contributed by atoms with Crippen molar-refractivity contribution in [3.05, 3.63) is 72.4 Å². The van der Waals surface area contributed by atoms with Crippen molar-refractivity contribution in [1.29, 1.82) is 0 Å². The highest BCUT2D eigenvalue weighted by Gasteiger charge is 1.89. The Labute approximate surface area is 110 Å². The van der Waals surface area contributed by atoms with E-state index in [0.29, 0.717) is 0 Å². The van der Waals surface area contributed by atoms with Gasteiger partial charge < -0.3 is 5.32 Å². The Morgan fingerprint density at radius 2 is 1.94 bits per heavy atom. The van der Waals surface area contributed by atoms with Crippen LogP contribution in [0.2, 0.25) is 0 Å². The van der Waals surface area contributed by atoms with Crippen molar-refractivity contribution in [2.45, 2.75) is 13.3 Å². The van der Waals surface area contributed by atoms with Crippen molar-refractivity contribution >= 4 is 11.8 Å². The standard InChI is InChI=1S/C17H21N/c1-4-6-8-15(7-5-2)9-10-16-11-13-17(18-3)14-12-16/h5-14,18H,2,4H2,1,3H3/b8-6-,10-9-,15-7+. The van der Waals surface area contributed by atoms with E-state index in [2.05, 4.69) is 67.4 Å². The van der Waals surface area contributed by atoms with Crippen LogP contribution in [0.3, 0.4) is 0 Å². The van der Waals surface area contributed by atoms with Crippen LogP contribution in [0.25, 0.3) is 6.08 Å². The van der Waals surface area contributed by atoms with Crippen molar-refractivity contribution in [3.63, 3.8) is 0 Å². The monoisotopic (exact) mass is 239 g/mol. The molecule has 0 radical (unpaired) electrons. The summed E-state index contributed by atoms with van der Waals surface area (Å²) in [5.74, 6) is 0. The summed E-state index contributed by atoms with van der Waals surface area (Å²) < 4.78 is 0. The lowest BCUT2D eigenvalue weighted by molar-refractivity contribution is 1.22. The molecule has 0 bridgehead atoms. The average molecular weight is 239 g/mol. The quantitative estimate of drug-likeness (QED) is 0.702. The largest absolute Gasteiger partial charge is 0.388 e. The number of hydrogen-bond acceptors (Lipinski definition) is 1. The smallest absolute Gasteiger partial charge is 0.0337 e. The van der Waals surface area contributed by atoms with E-state index in [9.17, 15) is 0 Å². The third-order valence-corrected chi connectivity index (χ3v) is 2.52. The molecule has 0 amide bonds. The van der Waals surface area contributed by atoms with Gasteiger partial charge in [0.2, 0.25) is 0 Å². The molecule has 0 aliphatic heterocycles. The lowest BCUT2D eigenvalue weighted by atomic mass is 10.1. The van der Waals surface area contributed by atoms with Gasteiger partial charge in [0.05, 0.1) is 0 Å². The Morgan fingerprint density at radius 3 is 2.50 bits per heavy atom. The van der Waals surface area contributed by atoms with E-state index in [4.69, 9.17) is 0 Å². The van der Waals surface area contributed by atoms with Gasteiger partial charge in [-0.1, -0.05) is 62.1 Å². The fourth-order valence-corrected chi connectivity index (χ4v) is 1.51. The molecular weight excluding hydrogens is 218 g/mol. The number of rotatable bonds is 6. The average Bonchev–Trinajstić information content (AvgIpc) is 2.42. The van der Waals surface area contributed by atoms with E-state index >= 15 is 0 Å². The maximum absolute atomic E-state index is 3.73. The van der Waals surface area contributed by atoms with Gasteiger partial charge in [-0.2, -0.15) is 0 Å². The normalized spacial score (nSPS) is 12.2. The van der Waals surface area contributed by atoms with Crippen molar-refractivity contribution in [3.8, 4) is 0 Å². The van der Waals surface area contributed by atoms with Gasteiger partial charge in [-0.25, -0.2) is 0 Å². The first-order valence-corrected chi connectivity index (χ1v) is 6.25. The zero-order valence-electron chi connectivity index (χ0n) is 11.2. The zero-order chi connectivity index (χ0) is 13.2. The second kappa shape index (κ2) is 8.13. The van der Waals surface area contributed by atoms with Gasteiger partial charge in [-0.15, -0.1) is 0 Å². The summed E-state index contributed by atoms with van der Waals surface area (Å²) in [5.41, 5.74) is 3.47. The van der Waals surface area contributed by atoms with Crippen LogP contribution in [0.4, 0.5) is 5.69 Å². The Kier molecular flexibility index (Phi) is 6.34. The number of nitrogens with one attached hydrogen (secondary N) is 1. The molecule has 1 aromatic rings. The minimum atomic E-state index is 1.04. The highest BCUT2D eigenvalue weighted by atomic mass is 14.8. The Balaban J connectivity index is 2.78. The lowest BCUT2D eigenvalue weighted by Crippen LogP contribution is -1.86. The van der Waals surface area contributed by atoms with Crippen molar-refractivity contribution in [1.82, 2.24) is 0 Å². The first-order chi connectivity index (χ1) is 8.80. The molecular formula is C17H21N. The molecule has 0 spiro atoms. The SMILES string of the molecule is C=C/C=C(\C=C/CC)/C=C\c1ccc(NC)cc1. The summed E-state index contributed by atoms with van der Waals surface area (Å²) >= 11 is 0. The van der Waals surface area contributed by atoms with Crippen LogP contribution in [0, 0.1) is 0 Å². The number of benzene rings is 1. The topological polar surface area (TPSA) is 12.0 Å². The predicted octanol–water partition coefficient (Wildman–Crippen LogP) is 4.82. The van der Waals surface area contributed by atoms with Crippen molar-refractivity contribution in [2.75, 3.05) is 12.4 Å². The summed E-state index contributed by atoms with van der Waals surface area (Å²) in [4.78, 5) is 0. The van der Waals surface area contributed by atoms with Gasteiger partial charge in [0.15, 0.2) is 0 Å². The third kappa shape index (κ3) is 4.88. The van der Waals surface area contributed by atoms with E-state index < -0.39 is 0 Å². The fraction of sp³-hybridized carbons (Fsp3) is 0.176. The summed E-state index contributed by atoms with van der Waals surface area (Å²) in [6, 6.07) is 8.33. The lowest BCUT2D eigenvalue weighted by Gasteiger charge is -1.99. The minimum absolute atomic E-state index is 1.04. The molecule has 1 aromatic carbocycles. The van der Waals surface area contributed by atoms with Crippen LogP contribution >= 0.6 is 0 Å². The van der Waals surface area contributed by atoms with Crippen LogP contribution in [0.15, 0.2) is 66.8 Å². The molecule has 94 valence electrons. The van der Waals surface area contributed by atoms with Gasteiger partial charge >= 0.3 is 0 Å². The molecule has 0 unspecified atom stereocenters. The Morgan fingerprint density at radius 1 is 1.22 bits per heavy atom. The molecule has 0 heterocycles. The summed E-state index contributed by atoms with van der Waals surface area (Å²) in [5, 5.41) is 3.11. The molecule has 0 aliphatic rings. The molecule has 0 saturated carbocycles. The molecule has 0 atom stereocenters. The number of hydrogen-bond donors (Lipinski definition) is 1. The van der Waals surface area contributed by atoms with Crippen LogP contribution in [-0.4, -0.2) is 7.05 Å². The summed E-state index contributed by atoms with van der Waals surface area (Å²) in [6.07, 6.45) is 13.3. The van der Waals surface area contributed by atoms with Gasteiger partial charge in [0.25, 0.3) is 0 Å². The van der Waals surface area contributed by atoms with Crippen LogP contribution < -0.4 is 5.32 Å². The van der Waals surface area contributed by atoms with E-state index in [1.54, 1.807) is 0 Å². The van der Waals surface area contributed by atoms with E-state index in [1.165, 1.54) is 5.56 Å². The van der Waals surface area contributed by atoms with Crippen molar-refractivity contribution in [2.24, 2.45) is 0 Å². The number of allylic oxidation sites excluding steroid dienone is 6. The van der Waals surface area contributed by atoms with Gasteiger partial charge in [0, 0.05) is 12.7 Å². The van der Waals surface area contributed by atoms with Gasteiger partial charge in [0.1, 0.15) is 0 Å². The second-order valence-corrected chi connectivity index (χ2v) is 3.92. The van der Waals surface area contributed by atoms with Crippen molar-refractivity contribution < 1.29 is 0 Å². The third-order valence-electron chi connectivity index (χ3n) is 2.52. The Bertz CT molecular complexity index is 447.